The fourth-order valence-corrected chi connectivity index (χ4v) is 2.93. The van der Waals surface area contributed by atoms with Crippen LogP contribution in [0.5, 0.6) is 0 Å². The van der Waals surface area contributed by atoms with Gasteiger partial charge in [0.2, 0.25) is 0 Å². The smallest absolute Gasteiger partial charge is 0.0952 e. The first-order chi connectivity index (χ1) is 9.81. The third-order valence-corrected chi connectivity index (χ3v) is 4.23. The van der Waals surface area contributed by atoms with Gasteiger partial charge in [0.15, 0.2) is 0 Å². The lowest BCUT2D eigenvalue weighted by molar-refractivity contribution is 0.0408. The lowest BCUT2D eigenvalue weighted by Gasteiger charge is -2.27. The van der Waals surface area contributed by atoms with Gasteiger partial charge in [0.05, 0.1) is 12.7 Å². The summed E-state index contributed by atoms with van der Waals surface area (Å²) in [6, 6.07) is 9.29. The molecule has 1 aliphatic heterocycles. The molecule has 2 unspecified atom stereocenters. The predicted octanol–water partition coefficient (Wildman–Crippen LogP) is 4.25. The van der Waals surface area contributed by atoms with Crippen LogP contribution in [-0.2, 0) is 11.2 Å². The Kier molecular flexibility index (Phi) is 6.55. The number of rotatable bonds is 8. The van der Waals surface area contributed by atoms with E-state index in [4.69, 9.17) is 4.74 Å². The van der Waals surface area contributed by atoms with Gasteiger partial charge in [0.1, 0.15) is 0 Å². The number of benzene rings is 1. The number of nitrogens with one attached hydrogen (secondary N) is 1. The highest BCUT2D eigenvalue weighted by Crippen LogP contribution is 2.26. The van der Waals surface area contributed by atoms with Crippen molar-refractivity contribution in [1.29, 1.82) is 0 Å². The Hall–Kier alpha value is -0.860. The molecule has 0 aliphatic carbocycles. The molecule has 1 heterocycles. The maximum Gasteiger partial charge on any atom is 0.0952 e. The molecular weight excluding hydrogens is 246 g/mol. The van der Waals surface area contributed by atoms with E-state index in [0.29, 0.717) is 6.04 Å². The SMILES string of the molecule is CCCCCCC(C)NCC1OCCc2ccccc21. The van der Waals surface area contributed by atoms with Crippen LogP contribution in [-0.4, -0.2) is 19.2 Å². The predicted molar refractivity (Wildman–Crippen MR) is 85.1 cm³/mol. The van der Waals surface area contributed by atoms with Crippen molar-refractivity contribution in [2.75, 3.05) is 13.2 Å². The molecule has 20 heavy (non-hydrogen) atoms. The van der Waals surface area contributed by atoms with Gasteiger partial charge in [0, 0.05) is 12.6 Å². The van der Waals surface area contributed by atoms with Gasteiger partial charge in [-0.15, -0.1) is 0 Å². The van der Waals surface area contributed by atoms with E-state index in [0.717, 1.165) is 19.6 Å². The molecule has 0 amide bonds. The zero-order chi connectivity index (χ0) is 14.2. The summed E-state index contributed by atoms with van der Waals surface area (Å²) >= 11 is 0. The molecule has 2 rings (SSSR count). The van der Waals surface area contributed by atoms with Gasteiger partial charge < -0.3 is 10.1 Å². The lowest BCUT2D eigenvalue weighted by atomic mass is 9.97. The number of hydrogen-bond donors (Lipinski definition) is 1. The zero-order valence-electron chi connectivity index (χ0n) is 13.0. The van der Waals surface area contributed by atoms with Crippen LogP contribution < -0.4 is 5.32 Å². The zero-order valence-corrected chi connectivity index (χ0v) is 13.0. The molecule has 1 aliphatic rings. The molecule has 2 atom stereocenters. The molecule has 0 fully saturated rings. The Balaban J connectivity index is 1.74. The van der Waals surface area contributed by atoms with Crippen molar-refractivity contribution in [2.24, 2.45) is 0 Å². The molecule has 2 nitrogen and oxygen atoms in total. The first-order valence-corrected chi connectivity index (χ1v) is 8.24. The van der Waals surface area contributed by atoms with Gasteiger partial charge >= 0.3 is 0 Å². The minimum absolute atomic E-state index is 0.234. The van der Waals surface area contributed by atoms with Crippen molar-refractivity contribution >= 4 is 0 Å². The van der Waals surface area contributed by atoms with Crippen LogP contribution in [0.4, 0.5) is 0 Å². The second-order valence-corrected chi connectivity index (χ2v) is 5.97. The van der Waals surface area contributed by atoms with E-state index in [2.05, 4.69) is 43.4 Å². The van der Waals surface area contributed by atoms with E-state index in [9.17, 15) is 0 Å². The lowest BCUT2D eigenvalue weighted by Crippen LogP contribution is -2.33. The summed E-state index contributed by atoms with van der Waals surface area (Å²) in [4.78, 5) is 0. The third kappa shape index (κ3) is 4.60. The molecule has 0 saturated carbocycles. The Morgan fingerprint density at radius 1 is 1.25 bits per heavy atom. The Labute approximate surface area is 123 Å². The molecule has 0 spiro atoms. The molecule has 1 N–H and O–H groups in total. The number of unbranched alkanes of at least 4 members (excludes halogenated alkanes) is 3. The summed E-state index contributed by atoms with van der Waals surface area (Å²) in [5, 5.41) is 3.65. The summed E-state index contributed by atoms with van der Waals surface area (Å²) in [6.07, 6.45) is 7.95. The van der Waals surface area contributed by atoms with Crippen molar-refractivity contribution in [2.45, 2.75) is 64.5 Å². The summed E-state index contributed by atoms with van der Waals surface area (Å²) in [5.74, 6) is 0. The Morgan fingerprint density at radius 2 is 2.10 bits per heavy atom. The van der Waals surface area contributed by atoms with E-state index < -0.39 is 0 Å². The van der Waals surface area contributed by atoms with Gasteiger partial charge in [-0.2, -0.15) is 0 Å². The second kappa shape index (κ2) is 8.43. The summed E-state index contributed by atoms with van der Waals surface area (Å²) in [5.41, 5.74) is 2.84. The van der Waals surface area contributed by atoms with E-state index in [1.807, 2.05) is 0 Å². The molecule has 2 heteroatoms. The highest BCUT2D eigenvalue weighted by molar-refractivity contribution is 5.31. The normalized spacial score (nSPS) is 19.6. The summed E-state index contributed by atoms with van der Waals surface area (Å²) in [7, 11) is 0. The minimum Gasteiger partial charge on any atom is -0.372 e. The van der Waals surface area contributed by atoms with E-state index in [1.165, 1.54) is 43.2 Å². The average Bonchev–Trinajstić information content (AvgIpc) is 2.49. The van der Waals surface area contributed by atoms with Crippen molar-refractivity contribution in [1.82, 2.24) is 5.32 Å². The van der Waals surface area contributed by atoms with Gasteiger partial charge in [-0.1, -0.05) is 56.9 Å². The second-order valence-electron chi connectivity index (χ2n) is 5.97. The molecule has 112 valence electrons. The molecule has 1 aromatic carbocycles. The molecule has 0 radical (unpaired) electrons. The Bertz CT molecular complexity index is 391. The van der Waals surface area contributed by atoms with Gasteiger partial charge in [0.25, 0.3) is 0 Å². The standard InChI is InChI=1S/C18H29NO/c1-3-4-5-6-9-15(2)19-14-18-17-11-8-7-10-16(17)12-13-20-18/h7-8,10-11,15,18-19H,3-6,9,12-14H2,1-2H3. The number of hydrogen-bond acceptors (Lipinski definition) is 2. The maximum absolute atomic E-state index is 5.94. The average molecular weight is 275 g/mol. The Morgan fingerprint density at radius 3 is 2.95 bits per heavy atom. The first-order valence-electron chi connectivity index (χ1n) is 8.24. The first kappa shape index (κ1) is 15.5. The van der Waals surface area contributed by atoms with Crippen LogP contribution in [0.1, 0.15) is 63.2 Å². The highest BCUT2D eigenvalue weighted by Gasteiger charge is 2.20. The fraction of sp³-hybridized carbons (Fsp3) is 0.667. The minimum atomic E-state index is 0.234. The fourth-order valence-electron chi connectivity index (χ4n) is 2.93. The van der Waals surface area contributed by atoms with Crippen molar-refractivity contribution in [3.8, 4) is 0 Å². The van der Waals surface area contributed by atoms with Gasteiger partial charge in [-0.3, -0.25) is 0 Å². The van der Waals surface area contributed by atoms with Crippen molar-refractivity contribution in [3.63, 3.8) is 0 Å². The van der Waals surface area contributed by atoms with Gasteiger partial charge in [-0.05, 0) is 30.9 Å². The monoisotopic (exact) mass is 275 g/mol. The van der Waals surface area contributed by atoms with Crippen LogP contribution in [0.25, 0.3) is 0 Å². The van der Waals surface area contributed by atoms with Crippen molar-refractivity contribution in [3.05, 3.63) is 35.4 Å². The summed E-state index contributed by atoms with van der Waals surface area (Å²) < 4.78 is 5.94. The molecule has 0 saturated heterocycles. The topological polar surface area (TPSA) is 21.3 Å². The highest BCUT2D eigenvalue weighted by atomic mass is 16.5. The molecule has 0 aromatic heterocycles. The van der Waals surface area contributed by atoms with Crippen LogP contribution in [0.15, 0.2) is 24.3 Å². The van der Waals surface area contributed by atoms with Gasteiger partial charge in [-0.25, -0.2) is 0 Å². The molecule has 1 aromatic rings. The summed E-state index contributed by atoms with van der Waals surface area (Å²) in [6.45, 7) is 6.35. The maximum atomic E-state index is 5.94. The van der Waals surface area contributed by atoms with Crippen LogP contribution in [0.2, 0.25) is 0 Å². The van der Waals surface area contributed by atoms with E-state index in [-0.39, 0.29) is 6.10 Å². The van der Waals surface area contributed by atoms with Crippen LogP contribution in [0.3, 0.4) is 0 Å². The van der Waals surface area contributed by atoms with Crippen LogP contribution in [0, 0.1) is 0 Å². The van der Waals surface area contributed by atoms with Crippen molar-refractivity contribution < 1.29 is 4.74 Å². The quantitative estimate of drug-likeness (QED) is 0.716. The number of ether oxygens (including phenoxy) is 1. The molecular formula is C18H29NO. The largest absolute Gasteiger partial charge is 0.372 e. The third-order valence-electron chi connectivity index (χ3n) is 4.23. The van der Waals surface area contributed by atoms with E-state index in [1.54, 1.807) is 0 Å². The van der Waals surface area contributed by atoms with Crippen LogP contribution >= 0.6 is 0 Å². The number of fused-ring (bicyclic) bond motifs is 1. The molecule has 0 bridgehead atoms. The van der Waals surface area contributed by atoms with E-state index >= 15 is 0 Å².